The Hall–Kier alpha value is -2.80. The van der Waals surface area contributed by atoms with Gasteiger partial charge in [-0.15, -0.1) is 11.8 Å². The molecule has 1 fully saturated rings. The molecule has 1 atom stereocenters. The minimum atomic E-state index is -1.16. The van der Waals surface area contributed by atoms with Gasteiger partial charge in [-0.05, 0) is 31.5 Å². The van der Waals surface area contributed by atoms with Crippen molar-refractivity contribution in [2.45, 2.75) is 24.3 Å². The standard InChI is InChI=1S/C21H23N3O3S/c1-15-8-10-16(11-9-15)21(2)19(26)24(20(27)23-21)14-18(25)22-12-13-28-17-6-4-3-5-7-17/h3-11H,12-14H2,1-2H3,(H,22,25)(H,23,27). The van der Waals surface area contributed by atoms with Gasteiger partial charge in [0.05, 0.1) is 0 Å². The van der Waals surface area contributed by atoms with E-state index in [0.717, 1.165) is 15.4 Å². The maximum atomic E-state index is 12.8. The number of amides is 4. The molecule has 146 valence electrons. The number of rotatable bonds is 7. The number of hydrogen-bond acceptors (Lipinski definition) is 4. The lowest BCUT2D eigenvalue weighted by molar-refractivity contribution is -0.134. The molecule has 1 unspecified atom stereocenters. The fraction of sp³-hybridized carbons (Fsp3) is 0.286. The Bertz CT molecular complexity index is 870. The number of imide groups is 1. The van der Waals surface area contributed by atoms with Crippen molar-refractivity contribution in [3.8, 4) is 0 Å². The van der Waals surface area contributed by atoms with Gasteiger partial charge in [0.1, 0.15) is 12.1 Å². The molecule has 2 N–H and O–H groups in total. The lowest BCUT2D eigenvalue weighted by Gasteiger charge is -2.22. The molecule has 1 aliphatic rings. The Morgan fingerprint density at radius 3 is 2.46 bits per heavy atom. The highest BCUT2D eigenvalue weighted by molar-refractivity contribution is 7.99. The Balaban J connectivity index is 1.53. The highest BCUT2D eigenvalue weighted by Gasteiger charge is 2.49. The zero-order chi connectivity index (χ0) is 20.1. The zero-order valence-corrected chi connectivity index (χ0v) is 16.7. The Morgan fingerprint density at radius 2 is 1.79 bits per heavy atom. The Kier molecular flexibility index (Phi) is 6.04. The second kappa shape index (κ2) is 8.48. The summed E-state index contributed by atoms with van der Waals surface area (Å²) < 4.78 is 0. The van der Waals surface area contributed by atoms with Crippen LogP contribution in [0.1, 0.15) is 18.1 Å². The van der Waals surface area contributed by atoms with Gasteiger partial charge >= 0.3 is 6.03 Å². The van der Waals surface area contributed by atoms with Gasteiger partial charge < -0.3 is 10.6 Å². The summed E-state index contributed by atoms with van der Waals surface area (Å²) >= 11 is 1.63. The lowest BCUT2D eigenvalue weighted by Crippen LogP contribution is -2.43. The number of carbonyl (C=O) groups excluding carboxylic acids is 3. The summed E-state index contributed by atoms with van der Waals surface area (Å²) in [5.41, 5.74) is 0.598. The van der Waals surface area contributed by atoms with Gasteiger partial charge in [0.2, 0.25) is 5.91 Å². The van der Waals surface area contributed by atoms with E-state index in [1.807, 2.05) is 61.5 Å². The average Bonchev–Trinajstić information content (AvgIpc) is 2.90. The molecule has 0 saturated carbocycles. The molecule has 0 aromatic heterocycles. The molecule has 0 aliphatic carbocycles. The first kappa shape index (κ1) is 19.9. The number of nitrogens with zero attached hydrogens (tertiary/aromatic N) is 1. The summed E-state index contributed by atoms with van der Waals surface area (Å²) in [5, 5.41) is 5.48. The summed E-state index contributed by atoms with van der Waals surface area (Å²) in [7, 11) is 0. The van der Waals surface area contributed by atoms with E-state index in [1.165, 1.54) is 0 Å². The van der Waals surface area contributed by atoms with Crippen LogP contribution in [0, 0.1) is 6.92 Å². The van der Waals surface area contributed by atoms with Crippen molar-refractivity contribution in [2.24, 2.45) is 0 Å². The third kappa shape index (κ3) is 4.36. The maximum Gasteiger partial charge on any atom is 0.325 e. The number of hydrogen-bond donors (Lipinski definition) is 2. The molecule has 1 aliphatic heterocycles. The molecule has 2 aromatic rings. The highest BCUT2D eigenvalue weighted by atomic mass is 32.2. The maximum absolute atomic E-state index is 12.8. The number of carbonyl (C=O) groups is 3. The first-order chi connectivity index (χ1) is 13.4. The van der Waals surface area contributed by atoms with E-state index in [9.17, 15) is 14.4 Å². The molecule has 4 amide bonds. The molecule has 28 heavy (non-hydrogen) atoms. The van der Waals surface area contributed by atoms with E-state index in [2.05, 4.69) is 10.6 Å². The van der Waals surface area contributed by atoms with Crippen LogP contribution in [0.5, 0.6) is 0 Å². The van der Waals surface area contributed by atoms with Crippen LogP contribution in [-0.4, -0.2) is 41.6 Å². The predicted molar refractivity (Wildman–Crippen MR) is 109 cm³/mol. The zero-order valence-electron chi connectivity index (χ0n) is 15.9. The Morgan fingerprint density at radius 1 is 1.11 bits per heavy atom. The molecule has 2 aromatic carbocycles. The van der Waals surface area contributed by atoms with Crippen molar-refractivity contribution < 1.29 is 14.4 Å². The summed E-state index contributed by atoms with van der Waals surface area (Å²) in [6.07, 6.45) is 0. The average molecular weight is 398 g/mol. The van der Waals surface area contributed by atoms with Crippen LogP contribution >= 0.6 is 11.8 Å². The molecular weight excluding hydrogens is 374 g/mol. The van der Waals surface area contributed by atoms with Crippen molar-refractivity contribution in [1.82, 2.24) is 15.5 Å². The summed E-state index contributed by atoms with van der Waals surface area (Å²) in [6, 6.07) is 16.7. The quantitative estimate of drug-likeness (QED) is 0.428. The first-order valence-corrected chi connectivity index (χ1v) is 10.0. The molecular formula is C21H23N3O3S. The number of aryl methyl sites for hydroxylation is 1. The fourth-order valence-electron chi connectivity index (χ4n) is 3.00. The van der Waals surface area contributed by atoms with Gasteiger partial charge in [0.15, 0.2) is 0 Å². The van der Waals surface area contributed by atoms with E-state index in [1.54, 1.807) is 18.7 Å². The predicted octanol–water partition coefficient (Wildman–Crippen LogP) is 2.67. The van der Waals surface area contributed by atoms with Crippen molar-refractivity contribution >= 4 is 29.6 Å². The van der Waals surface area contributed by atoms with Crippen molar-refractivity contribution in [1.29, 1.82) is 0 Å². The van der Waals surface area contributed by atoms with Crippen LogP contribution in [0.3, 0.4) is 0 Å². The van der Waals surface area contributed by atoms with Gasteiger partial charge in [0.25, 0.3) is 5.91 Å². The molecule has 7 heteroatoms. The minimum Gasteiger partial charge on any atom is -0.354 e. The second-order valence-electron chi connectivity index (χ2n) is 6.82. The number of benzene rings is 2. The van der Waals surface area contributed by atoms with Gasteiger partial charge in [-0.3, -0.25) is 14.5 Å². The highest BCUT2D eigenvalue weighted by Crippen LogP contribution is 2.28. The SMILES string of the molecule is Cc1ccc(C2(C)NC(=O)N(CC(=O)NCCSc3ccccc3)C2=O)cc1. The van der Waals surface area contributed by atoms with Gasteiger partial charge in [0, 0.05) is 17.2 Å². The van der Waals surface area contributed by atoms with Crippen LogP contribution in [0.2, 0.25) is 0 Å². The molecule has 1 heterocycles. The molecule has 0 spiro atoms. The molecule has 0 radical (unpaired) electrons. The topological polar surface area (TPSA) is 78.5 Å². The molecule has 1 saturated heterocycles. The van der Waals surface area contributed by atoms with Crippen LogP contribution in [0.4, 0.5) is 4.79 Å². The monoisotopic (exact) mass is 397 g/mol. The van der Waals surface area contributed by atoms with E-state index < -0.39 is 17.5 Å². The third-order valence-electron chi connectivity index (χ3n) is 4.64. The van der Waals surface area contributed by atoms with E-state index in [4.69, 9.17) is 0 Å². The number of urea groups is 1. The summed E-state index contributed by atoms with van der Waals surface area (Å²) in [6.45, 7) is 3.78. The van der Waals surface area contributed by atoms with Crippen LogP contribution in [0.25, 0.3) is 0 Å². The first-order valence-electron chi connectivity index (χ1n) is 9.06. The molecule has 0 bridgehead atoms. The fourth-order valence-corrected chi connectivity index (χ4v) is 3.79. The second-order valence-corrected chi connectivity index (χ2v) is 7.99. The van der Waals surface area contributed by atoms with E-state index >= 15 is 0 Å². The lowest BCUT2D eigenvalue weighted by atomic mass is 9.91. The summed E-state index contributed by atoms with van der Waals surface area (Å²) in [5.74, 6) is -0.0720. The number of thioether (sulfide) groups is 1. The molecule has 6 nitrogen and oxygen atoms in total. The Labute approximate surface area is 168 Å². The third-order valence-corrected chi connectivity index (χ3v) is 5.66. The van der Waals surface area contributed by atoms with Crippen LogP contribution in [-0.2, 0) is 15.1 Å². The van der Waals surface area contributed by atoms with Gasteiger partial charge in [-0.25, -0.2) is 4.79 Å². The van der Waals surface area contributed by atoms with Crippen molar-refractivity contribution in [2.75, 3.05) is 18.8 Å². The van der Waals surface area contributed by atoms with Gasteiger partial charge in [-0.1, -0.05) is 48.0 Å². The smallest absolute Gasteiger partial charge is 0.325 e. The number of nitrogens with one attached hydrogen (secondary N) is 2. The minimum absolute atomic E-state index is 0.290. The summed E-state index contributed by atoms with van der Waals surface area (Å²) in [4.78, 5) is 39.4. The van der Waals surface area contributed by atoms with Crippen LogP contribution in [0.15, 0.2) is 59.5 Å². The van der Waals surface area contributed by atoms with E-state index in [0.29, 0.717) is 17.9 Å². The normalized spacial score (nSPS) is 18.9. The largest absolute Gasteiger partial charge is 0.354 e. The van der Waals surface area contributed by atoms with Crippen molar-refractivity contribution in [3.05, 3.63) is 65.7 Å². The van der Waals surface area contributed by atoms with Gasteiger partial charge in [-0.2, -0.15) is 0 Å². The molecule has 3 rings (SSSR count). The van der Waals surface area contributed by atoms with E-state index in [-0.39, 0.29) is 12.5 Å². The van der Waals surface area contributed by atoms with Crippen molar-refractivity contribution in [3.63, 3.8) is 0 Å². The van der Waals surface area contributed by atoms with Crippen LogP contribution < -0.4 is 10.6 Å².